The summed E-state index contributed by atoms with van der Waals surface area (Å²) in [4.78, 5) is 27.0. The Morgan fingerprint density at radius 2 is 1.75 bits per heavy atom. The number of rotatable bonds is 3. The summed E-state index contributed by atoms with van der Waals surface area (Å²) in [5, 5.41) is 6.34. The highest BCUT2D eigenvalue weighted by Gasteiger charge is 2.46. The number of carbonyl (C=O) groups excluding carboxylic acids is 2. The molecule has 2 atom stereocenters. The maximum atomic E-state index is 12.8. The van der Waals surface area contributed by atoms with Crippen molar-refractivity contribution in [2.45, 2.75) is 75.9 Å². The number of hydrogen-bond donors (Lipinski definition) is 2. The number of urea groups is 1. The first-order valence-corrected chi connectivity index (χ1v) is 9.63. The van der Waals surface area contributed by atoms with Gasteiger partial charge in [-0.25, -0.2) is 4.79 Å². The molecule has 4 rings (SSSR count). The number of amides is 3. The lowest BCUT2D eigenvalue weighted by atomic mass is 9.75. The monoisotopic (exact) mass is 335 g/mol. The number of carbonyl (C=O) groups is 2. The van der Waals surface area contributed by atoms with E-state index in [4.69, 9.17) is 4.74 Å². The smallest absolute Gasteiger partial charge is 0.318 e. The lowest BCUT2D eigenvalue weighted by molar-refractivity contribution is -0.124. The summed E-state index contributed by atoms with van der Waals surface area (Å²) < 4.78 is 5.52. The number of nitrogens with one attached hydrogen (secondary N) is 2. The maximum Gasteiger partial charge on any atom is 0.318 e. The van der Waals surface area contributed by atoms with Crippen molar-refractivity contribution in [3.8, 4) is 0 Å². The Bertz CT molecular complexity index is 500. The molecule has 0 aromatic heterocycles. The molecule has 6 heteroatoms. The molecule has 6 nitrogen and oxygen atoms in total. The molecule has 2 aliphatic carbocycles. The number of hydrogen-bond acceptors (Lipinski definition) is 3. The minimum atomic E-state index is -0.280. The van der Waals surface area contributed by atoms with E-state index in [2.05, 4.69) is 10.6 Å². The van der Waals surface area contributed by atoms with Gasteiger partial charge in [0.05, 0.1) is 0 Å². The van der Waals surface area contributed by atoms with Gasteiger partial charge in [0, 0.05) is 31.8 Å². The molecular formula is C18H29N3O3. The predicted molar refractivity (Wildman–Crippen MR) is 89.5 cm³/mol. The molecular weight excluding hydrogens is 306 g/mol. The Balaban J connectivity index is 1.38. The fourth-order valence-corrected chi connectivity index (χ4v) is 4.78. The van der Waals surface area contributed by atoms with Crippen molar-refractivity contribution in [1.82, 2.24) is 15.5 Å². The van der Waals surface area contributed by atoms with Crippen LogP contribution in [0.3, 0.4) is 0 Å². The molecule has 4 fully saturated rings. The second-order valence-corrected chi connectivity index (χ2v) is 8.00. The second kappa shape index (κ2) is 6.54. The highest BCUT2D eigenvalue weighted by atomic mass is 16.5. The van der Waals surface area contributed by atoms with Crippen LogP contribution in [0.15, 0.2) is 0 Å². The molecule has 3 amide bonds. The van der Waals surface area contributed by atoms with E-state index in [9.17, 15) is 9.59 Å². The summed E-state index contributed by atoms with van der Waals surface area (Å²) in [6.07, 6.45) is 9.37. The van der Waals surface area contributed by atoms with Gasteiger partial charge < -0.3 is 20.3 Å². The van der Waals surface area contributed by atoms with Gasteiger partial charge in [-0.3, -0.25) is 4.79 Å². The van der Waals surface area contributed by atoms with Gasteiger partial charge >= 0.3 is 6.03 Å². The zero-order valence-electron chi connectivity index (χ0n) is 14.4. The lowest BCUT2D eigenvalue weighted by Gasteiger charge is -2.40. The highest BCUT2D eigenvalue weighted by molar-refractivity contribution is 5.88. The fourth-order valence-electron chi connectivity index (χ4n) is 4.78. The molecule has 2 saturated carbocycles. The SMILES string of the molecule is O=C(NC1CC1)C1CCCN1C(=O)NC1CCCC12CCOCC2. The molecule has 0 radical (unpaired) electrons. The highest BCUT2D eigenvalue weighted by Crippen LogP contribution is 2.46. The van der Waals surface area contributed by atoms with Gasteiger partial charge in [-0.2, -0.15) is 0 Å². The third-order valence-electron chi connectivity index (χ3n) is 6.43. The van der Waals surface area contributed by atoms with Gasteiger partial charge in [0.25, 0.3) is 0 Å². The molecule has 0 bridgehead atoms. The van der Waals surface area contributed by atoms with E-state index in [1.165, 1.54) is 12.8 Å². The van der Waals surface area contributed by atoms with Gasteiger partial charge in [-0.15, -0.1) is 0 Å². The quantitative estimate of drug-likeness (QED) is 0.826. The Morgan fingerprint density at radius 1 is 0.958 bits per heavy atom. The van der Waals surface area contributed by atoms with Gasteiger partial charge in [-0.05, 0) is 56.8 Å². The van der Waals surface area contributed by atoms with Crippen LogP contribution in [0.2, 0.25) is 0 Å². The summed E-state index contributed by atoms with van der Waals surface area (Å²) in [7, 11) is 0. The summed E-state index contributed by atoms with van der Waals surface area (Å²) >= 11 is 0. The third kappa shape index (κ3) is 3.13. The molecule has 2 N–H and O–H groups in total. The van der Waals surface area contributed by atoms with Crippen molar-refractivity contribution in [2.75, 3.05) is 19.8 Å². The molecule has 2 aliphatic heterocycles. The summed E-state index contributed by atoms with van der Waals surface area (Å²) in [6, 6.07) is 0.267. The lowest BCUT2D eigenvalue weighted by Crippen LogP contribution is -2.54. The zero-order valence-corrected chi connectivity index (χ0v) is 14.4. The average Bonchev–Trinajstić information content (AvgIpc) is 3.12. The molecule has 2 saturated heterocycles. The molecule has 1 spiro atoms. The van der Waals surface area contributed by atoms with Gasteiger partial charge in [-0.1, -0.05) is 6.42 Å². The van der Waals surface area contributed by atoms with Crippen LogP contribution in [0.25, 0.3) is 0 Å². The maximum absolute atomic E-state index is 12.8. The van der Waals surface area contributed by atoms with Crippen LogP contribution >= 0.6 is 0 Å². The first-order chi connectivity index (χ1) is 11.7. The largest absolute Gasteiger partial charge is 0.381 e. The number of nitrogens with zero attached hydrogens (tertiary/aromatic N) is 1. The molecule has 2 unspecified atom stereocenters. The molecule has 24 heavy (non-hydrogen) atoms. The van der Waals surface area contributed by atoms with Crippen LogP contribution in [-0.2, 0) is 9.53 Å². The minimum absolute atomic E-state index is 0.0392. The topological polar surface area (TPSA) is 70.7 Å². The second-order valence-electron chi connectivity index (χ2n) is 8.00. The van der Waals surface area contributed by atoms with E-state index < -0.39 is 0 Å². The molecule has 4 aliphatic rings. The van der Waals surface area contributed by atoms with E-state index in [1.54, 1.807) is 4.90 Å². The van der Waals surface area contributed by atoms with Crippen molar-refractivity contribution < 1.29 is 14.3 Å². The van der Waals surface area contributed by atoms with Crippen molar-refractivity contribution in [3.63, 3.8) is 0 Å². The number of likely N-dealkylation sites (tertiary alicyclic amines) is 1. The van der Waals surface area contributed by atoms with E-state index in [-0.39, 0.29) is 29.4 Å². The first-order valence-electron chi connectivity index (χ1n) is 9.63. The molecule has 0 aromatic rings. The standard InChI is InChI=1S/C18H29N3O3/c22-16(19-13-5-6-13)14-3-2-10-21(14)17(23)20-15-4-1-7-18(15)8-11-24-12-9-18/h13-15H,1-12H2,(H,19,22)(H,20,23). The van der Waals surface area contributed by atoms with E-state index >= 15 is 0 Å². The van der Waals surface area contributed by atoms with E-state index in [0.717, 1.165) is 58.2 Å². The average molecular weight is 335 g/mol. The third-order valence-corrected chi connectivity index (χ3v) is 6.43. The van der Waals surface area contributed by atoms with Crippen LogP contribution in [0.1, 0.15) is 57.8 Å². The summed E-state index contributed by atoms with van der Waals surface area (Å²) in [5.41, 5.74) is 0.222. The Labute approximate surface area is 143 Å². The van der Waals surface area contributed by atoms with Crippen LogP contribution in [-0.4, -0.2) is 54.7 Å². The van der Waals surface area contributed by atoms with Gasteiger partial charge in [0.1, 0.15) is 6.04 Å². The number of ether oxygens (including phenoxy) is 1. The van der Waals surface area contributed by atoms with Crippen LogP contribution in [0, 0.1) is 5.41 Å². The van der Waals surface area contributed by atoms with Crippen LogP contribution in [0.5, 0.6) is 0 Å². The Morgan fingerprint density at radius 3 is 2.50 bits per heavy atom. The first kappa shape index (κ1) is 16.2. The van der Waals surface area contributed by atoms with Gasteiger partial charge in [0.15, 0.2) is 0 Å². The zero-order chi connectivity index (χ0) is 16.6. The van der Waals surface area contributed by atoms with Crippen molar-refractivity contribution in [2.24, 2.45) is 5.41 Å². The van der Waals surface area contributed by atoms with Crippen molar-refractivity contribution >= 4 is 11.9 Å². The van der Waals surface area contributed by atoms with E-state index in [0.29, 0.717) is 12.6 Å². The molecule has 2 heterocycles. The molecule has 134 valence electrons. The minimum Gasteiger partial charge on any atom is -0.381 e. The summed E-state index contributed by atoms with van der Waals surface area (Å²) in [5.74, 6) is 0.0392. The fraction of sp³-hybridized carbons (Fsp3) is 0.889. The van der Waals surface area contributed by atoms with Crippen LogP contribution in [0.4, 0.5) is 4.79 Å². The van der Waals surface area contributed by atoms with Crippen molar-refractivity contribution in [1.29, 1.82) is 0 Å². The Kier molecular flexibility index (Phi) is 4.41. The van der Waals surface area contributed by atoms with E-state index in [1.807, 2.05) is 0 Å². The van der Waals surface area contributed by atoms with Crippen molar-refractivity contribution in [3.05, 3.63) is 0 Å². The van der Waals surface area contributed by atoms with Crippen LogP contribution < -0.4 is 10.6 Å². The molecule has 0 aromatic carbocycles. The summed E-state index contributed by atoms with van der Waals surface area (Å²) in [6.45, 7) is 2.31. The normalized spacial score (nSPS) is 32.1. The van der Waals surface area contributed by atoms with Gasteiger partial charge in [0.2, 0.25) is 5.91 Å². The Hall–Kier alpha value is -1.30. The predicted octanol–water partition coefficient (Wildman–Crippen LogP) is 1.79.